The van der Waals surface area contributed by atoms with E-state index in [1.165, 1.54) is 38.5 Å². The second kappa shape index (κ2) is 33.9. The summed E-state index contributed by atoms with van der Waals surface area (Å²) < 4.78 is 58.8. The van der Waals surface area contributed by atoms with Gasteiger partial charge < -0.3 is 34.3 Å². The van der Waals surface area contributed by atoms with E-state index >= 15 is 0 Å². The first kappa shape index (κ1) is 50.8. The molecule has 0 bridgehead atoms. The third-order valence-electron chi connectivity index (χ3n) is 8.90. The third kappa shape index (κ3) is 27.9. The lowest BCUT2D eigenvalue weighted by Gasteiger charge is -2.41. The Hall–Kier alpha value is -2.20. The highest BCUT2D eigenvalue weighted by atomic mass is 32.3. The van der Waals surface area contributed by atoms with E-state index < -0.39 is 59.8 Å². The summed E-state index contributed by atoms with van der Waals surface area (Å²) in [6, 6.07) is 0. The van der Waals surface area contributed by atoms with Crippen LogP contribution in [0.3, 0.4) is 0 Å². The zero-order chi connectivity index (χ0) is 40.4. The number of aliphatic hydroxyl groups excluding tert-OH is 3. The van der Waals surface area contributed by atoms with E-state index in [4.69, 9.17) is 23.5 Å². The highest BCUT2D eigenvalue weighted by Gasteiger charge is 2.48. The zero-order valence-corrected chi connectivity index (χ0v) is 34.3. The van der Waals surface area contributed by atoms with Crippen molar-refractivity contribution in [3.63, 3.8) is 0 Å². The van der Waals surface area contributed by atoms with Crippen molar-refractivity contribution in [1.82, 2.24) is 0 Å². The molecule has 0 radical (unpaired) electrons. The Balaban J connectivity index is 2.48. The normalized spacial score (nSPS) is 21.6. The maximum atomic E-state index is 12.8. The number of allylic oxidation sites excluding steroid dienone is 10. The molecule has 0 amide bonds. The molecule has 4 N–H and O–H groups in total. The van der Waals surface area contributed by atoms with Gasteiger partial charge in [0.1, 0.15) is 30.5 Å². The minimum Gasteiger partial charge on any atom is -0.457 e. The van der Waals surface area contributed by atoms with E-state index in [2.05, 4.69) is 78.8 Å². The summed E-state index contributed by atoms with van der Waals surface area (Å²) in [6.45, 7) is 3.78. The Morgan fingerprint density at radius 1 is 0.709 bits per heavy atom. The number of rotatable bonds is 34. The number of ether oxygens (including phenoxy) is 4. The van der Waals surface area contributed by atoms with E-state index in [9.17, 15) is 28.5 Å². The van der Waals surface area contributed by atoms with Crippen molar-refractivity contribution in [2.75, 3.05) is 26.4 Å². The van der Waals surface area contributed by atoms with Gasteiger partial charge in [-0.05, 0) is 57.8 Å². The molecule has 1 rings (SSSR count). The average Bonchev–Trinajstić information content (AvgIpc) is 3.15. The number of aliphatic hydroxyl groups is 3. The van der Waals surface area contributed by atoms with E-state index in [-0.39, 0.29) is 19.6 Å². The molecule has 0 aromatic carbocycles. The Morgan fingerprint density at radius 3 is 1.82 bits per heavy atom. The lowest BCUT2D eigenvalue weighted by molar-refractivity contribution is -0.301. The molecule has 6 atom stereocenters. The molecule has 1 saturated heterocycles. The van der Waals surface area contributed by atoms with Crippen molar-refractivity contribution in [1.29, 1.82) is 0 Å². The summed E-state index contributed by atoms with van der Waals surface area (Å²) in [5.74, 6) is -0.434. The van der Waals surface area contributed by atoms with Crippen molar-refractivity contribution >= 4 is 16.4 Å². The second-order valence-electron chi connectivity index (χ2n) is 13.9. The highest BCUT2D eigenvalue weighted by Crippen LogP contribution is 2.26. The van der Waals surface area contributed by atoms with Gasteiger partial charge in [-0.1, -0.05) is 132 Å². The first-order valence-corrected chi connectivity index (χ1v) is 21.9. The monoisotopic (exact) mass is 800 g/mol. The topological polar surface area (TPSA) is 178 Å². The lowest BCUT2D eigenvalue weighted by atomic mass is 9.99. The lowest BCUT2D eigenvalue weighted by Crippen LogP contribution is -2.60. The molecule has 0 saturated carbocycles. The van der Waals surface area contributed by atoms with Crippen LogP contribution in [0.5, 0.6) is 0 Å². The maximum Gasteiger partial charge on any atom is 0.397 e. The summed E-state index contributed by atoms with van der Waals surface area (Å²) in [5.41, 5.74) is 0. The number of esters is 1. The van der Waals surface area contributed by atoms with Crippen LogP contribution < -0.4 is 0 Å². The quantitative estimate of drug-likeness (QED) is 0.0215. The van der Waals surface area contributed by atoms with Crippen LogP contribution in [-0.2, 0) is 38.3 Å². The van der Waals surface area contributed by atoms with Crippen LogP contribution in [0.1, 0.15) is 136 Å². The summed E-state index contributed by atoms with van der Waals surface area (Å²) >= 11 is 0. The molecular formula is C42H72O12S. The molecular weight excluding hydrogens is 729 g/mol. The maximum absolute atomic E-state index is 12.8. The number of hydrogen-bond donors (Lipinski definition) is 4. The smallest absolute Gasteiger partial charge is 0.397 e. The van der Waals surface area contributed by atoms with Gasteiger partial charge in [-0.2, -0.15) is 8.42 Å². The van der Waals surface area contributed by atoms with Crippen molar-refractivity contribution in [2.45, 2.75) is 173 Å². The molecule has 0 aromatic rings. The molecule has 13 heteroatoms. The van der Waals surface area contributed by atoms with Gasteiger partial charge in [0.25, 0.3) is 0 Å². The Labute approximate surface area is 331 Å². The number of hydrogen-bond acceptors (Lipinski definition) is 11. The van der Waals surface area contributed by atoms with Gasteiger partial charge in [0.05, 0.1) is 19.8 Å². The van der Waals surface area contributed by atoms with Crippen molar-refractivity contribution in [2.24, 2.45) is 0 Å². The fraction of sp³-hybridized carbons (Fsp3) is 0.738. The Kier molecular flexibility index (Phi) is 31.3. The number of carbonyl (C=O) groups excluding carboxylic acids is 1. The third-order valence-corrected chi connectivity index (χ3v) is 9.37. The highest BCUT2D eigenvalue weighted by molar-refractivity contribution is 7.80. The van der Waals surface area contributed by atoms with E-state index in [0.717, 1.165) is 70.6 Å². The molecule has 1 aliphatic heterocycles. The molecule has 0 spiro atoms. The molecule has 0 aromatic heterocycles. The Morgan fingerprint density at radius 2 is 1.25 bits per heavy atom. The fourth-order valence-electron chi connectivity index (χ4n) is 5.81. The molecule has 12 nitrogen and oxygen atoms in total. The van der Waals surface area contributed by atoms with E-state index in [0.29, 0.717) is 13.0 Å². The van der Waals surface area contributed by atoms with Gasteiger partial charge >= 0.3 is 16.4 Å². The first-order chi connectivity index (χ1) is 26.6. The standard InChI is InChI=1S/C42H72O12S/c1-3-5-7-9-11-13-14-15-16-17-18-19-20-21-22-23-25-27-29-31-38(44)52-36(34-50-32-30-28-26-24-12-10-8-6-4-2)35-51-42-40(46)41(54-55(47,48)49)39(45)37(33-43)53-42/h5,7,11,13,15-16,18-19,21-22,36-37,39-43,45-46H,3-4,6,8-10,12,14,17,20,23-35H2,1-2H3,(H,47,48,49)/b7-5-,13-11-,16-15-,19-18-,22-21-. The van der Waals surface area contributed by atoms with Gasteiger partial charge in [0.15, 0.2) is 6.29 Å². The average molecular weight is 801 g/mol. The minimum absolute atomic E-state index is 0.0205. The molecule has 55 heavy (non-hydrogen) atoms. The largest absolute Gasteiger partial charge is 0.457 e. The van der Waals surface area contributed by atoms with Gasteiger partial charge in [-0.25, -0.2) is 4.18 Å². The number of unbranched alkanes of at least 4 members (excludes halogenated alkanes) is 11. The van der Waals surface area contributed by atoms with Crippen LogP contribution in [0.25, 0.3) is 0 Å². The van der Waals surface area contributed by atoms with E-state index in [1.54, 1.807) is 0 Å². The van der Waals surface area contributed by atoms with Gasteiger partial charge in [0.2, 0.25) is 0 Å². The van der Waals surface area contributed by atoms with Crippen LogP contribution in [0.2, 0.25) is 0 Å². The number of carbonyl (C=O) groups is 1. The summed E-state index contributed by atoms with van der Waals surface area (Å²) in [4.78, 5) is 12.8. The SMILES string of the molecule is CC/C=C\C/C=C\C/C=C\C/C=C\C/C=C\CCCCCC(=O)OC(COCCCCCCCCCCC)COC1OC(CO)C(O)C(OS(=O)(=O)O)C1O. The van der Waals surface area contributed by atoms with E-state index in [1.807, 2.05) is 0 Å². The van der Waals surface area contributed by atoms with Crippen molar-refractivity contribution in [3.05, 3.63) is 60.8 Å². The van der Waals surface area contributed by atoms with Gasteiger partial charge in [-0.3, -0.25) is 9.35 Å². The van der Waals surface area contributed by atoms with Gasteiger partial charge in [-0.15, -0.1) is 0 Å². The predicted molar refractivity (Wildman–Crippen MR) is 216 cm³/mol. The van der Waals surface area contributed by atoms with Gasteiger partial charge in [0, 0.05) is 13.0 Å². The second-order valence-corrected chi connectivity index (χ2v) is 14.9. The molecule has 1 heterocycles. The molecule has 1 fully saturated rings. The van der Waals surface area contributed by atoms with Crippen LogP contribution in [0.4, 0.5) is 0 Å². The summed E-state index contributed by atoms with van der Waals surface area (Å²) in [6.07, 6.45) is 31.2. The van der Waals surface area contributed by atoms with Crippen LogP contribution in [0, 0.1) is 0 Å². The van der Waals surface area contributed by atoms with Crippen molar-refractivity contribution in [3.8, 4) is 0 Å². The summed E-state index contributed by atoms with van der Waals surface area (Å²) in [7, 11) is -5.06. The fourth-order valence-corrected chi connectivity index (χ4v) is 6.32. The molecule has 0 aliphatic carbocycles. The predicted octanol–water partition coefficient (Wildman–Crippen LogP) is 7.79. The first-order valence-electron chi connectivity index (χ1n) is 20.5. The Bertz CT molecular complexity index is 1200. The van der Waals surface area contributed by atoms with Crippen LogP contribution >= 0.6 is 0 Å². The van der Waals surface area contributed by atoms with Crippen molar-refractivity contribution < 1.29 is 56.2 Å². The minimum atomic E-state index is -5.06. The molecule has 6 unspecified atom stereocenters. The molecule has 318 valence electrons. The summed E-state index contributed by atoms with van der Waals surface area (Å²) in [5, 5.41) is 30.5. The van der Waals surface area contributed by atoms with Crippen LogP contribution in [0.15, 0.2) is 60.8 Å². The zero-order valence-electron chi connectivity index (χ0n) is 33.5. The molecule has 1 aliphatic rings. The van der Waals surface area contributed by atoms with Crippen LogP contribution in [-0.4, -0.2) is 97.5 Å².